The van der Waals surface area contributed by atoms with Crippen LogP contribution in [0.1, 0.15) is 12.5 Å². The van der Waals surface area contributed by atoms with Crippen molar-refractivity contribution in [1.82, 2.24) is 0 Å². The number of hydrogen-bond donors (Lipinski definition) is 1. The Balaban J connectivity index is 2.36. The predicted molar refractivity (Wildman–Crippen MR) is 103 cm³/mol. The standard InChI is InChI=1S/C17H18Cl2N2O3S/c1-11-4-7-14(8-5-11)20-17(22)12(2)21(25(3,23)24)16-10-13(18)6-9-15(16)19/h4-10,12H,1-3H3,(H,20,22)/t12-/m0/s1. The van der Waals surface area contributed by atoms with Crippen LogP contribution in [-0.4, -0.2) is 26.6 Å². The quantitative estimate of drug-likeness (QED) is 0.821. The van der Waals surface area contributed by atoms with E-state index >= 15 is 0 Å². The third-order valence-corrected chi connectivity index (χ3v) is 5.34. The van der Waals surface area contributed by atoms with E-state index in [0.29, 0.717) is 10.7 Å². The van der Waals surface area contributed by atoms with Crippen LogP contribution in [0.5, 0.6) is 0 Å². The van der Waals surface area contributed by atoms with Crippen LogP contribution in [0.3, 0.4) is 0 Å². The summed E-state index contributed by atoms with van der Waals surface area (Å²) >= 11 is 12.1. The van der Waals surface area contributed by atoms with Crippen molar-refractivity contribution in [3.05, 3.63) is 58.1 Å². The highest BCUT2D eigenvalue weighted by atomic mass is 35.5. The number of aryl methyl sites for hydroxylation is 1. The summed E-state index contributed by atoms with van der Waals surface area (Å²) in [5, 5.41) is 3.21. The number of rotatable bonds is 5. The van der Waals surface area contributed by atoms with Gasteiger partial charge in [-0.2, -0.15) is 0 Å². The molecule has 1 atom stereocenters. The molecular formula is C17H18Cl2N2O3S. The normalized spacial score (nSPS) is 12.5. The zero-order chi connectivity index (χ0) is 18.8. The molecule has 2 rings (SSSR count). The van der Waals surface area contributed by atoms with Crippen LogP contribution in [-0.2, 0) is 14.8 Å². The minimum atomic E-state index is -3.77. The Morgan fingerprint density at radius 1 is 1.12 bits per heavy atom. The van der Waals surface area contributed by atoms with Gasteiger partial charge in [0.1, 0.15) is 6.04 Å². The minimum absolute atomic E-state index is 0.156. The fourth-order valence-corrected chi connectivity index (χ4v) is 3.92. The summed E-state index contributed by atoms with van der Waals surface area (Å²) in [7, 11) is -3.77. The van der Waals surface area contributed by atoms with Gasteiger partial charge >= 0.3 is 0 Å². The number of benzene rings is 2. The number of carbonyl (C=O) groups excluding carboxylic acids is 1. The first kappa shape index (κ1) is 19.6. The summed E-state index contributed by atoms with van der Waals surface area (Å²) in [4.78, 5) is 12.6. The average molecular weight is 401 g/mol. The highest BCUT2D eigenvalue weighted by Crippen LogP contribution is 2.32. The van der Waals surface area contributed by atoms with E-state index in [4.69, 9.17) is 23.2 Å². The summed E-state index contributed by atoms with van der Waals surface area (Å²) in [6, 6.07) is 10.6. The van der Waals surface area contributed by atoms with E-state index in [1.54, 1.807) is 18.2 Å². The van der Waals surface area contributed by atoms with Gasteiger partial charge in [0.25, 0.3) is 0 Å². The number of halogens is 2. The molecule has 0 aliphatic carbocycles. The Kier molecular flexibility index (Phi) is 5.98. The Bertz CT molecular complexity index is 883. The SMILES string of the molecule is Cc1ccc(NC(=O)[C@H](C)N(c2cc(Cl)ccc2Cl)S(C)(=O)=O)cc1. The van der Waals surface area contributed by atoms with Crippen molar-refractivity contribution in [2.75, 3.05) is 15.9 Å². The molecule has 0 bridgehead atoms. The molecule has 0 radical (unpaired) electrons. The molecule has 0 unspecified atom stereocenters. The van der Waals surface area contributed by atoms with E-state index in [2.05, 4.69) is 5.32 Å². The lowest BCUT2D eigenvalue weighted by molar-refractivity contribution is -0.116. The topological polar surface area (TPSA) is 66.5 Å². The molecule has 134 valence electrons. The molecule has 0 aliphatic rings. The molecule has 5 nitrogen and oxygen atoms in total. The second kappa shape index (κ2) is 7.64. The number of amides is 1. The molecule has 0 aromatic heterocycles. The number of anilines is 2. The van der Waals surface area contributed by atoms with Crippen LogP contribution in [0.4, 0.5) is 11.4 Å². The lowest BCUT2D eigenvalue weighted by atomic mass is 10.2. The average Bonchev–Trinajstić information content (AvgIpc) is 2.51. The van der Waals surface area contributed by atoms with Crippen molar-refractivity contribution in [1.29, 1.82) is 0 Å². The molecule has 0 saturated carbocycles. The van der Waals surface area contributed by atoms with E-state index in [1.165, 1.54) is 19.1 Å². The molecule has 25 heavy (non-hydrogen) atoms. The Hall–Kier alpha value is -1.76. The Labute approximate surface area is 157 Å². The van der Waals surface area contributed by atoms with Crippen LogP contribution in [0.2, 0.25) is 10.0 Å². The van der Waals surface area contributed by atoms with Gasteiger partial charge in [-0.3, -0.25) is 9.10 Å². The number of nitrogens with zero attached hydrogens (tertiary/aromatic N) is 1. The summed E-state index contributed by atoms with van der Waals surface area (Å²) in [6.45, 7) is 3.42. The minimum Gasteiger partial charge on any atom is -0.324 e. The van der Waals surface area contributed by atoms with Gasteiger partial charge in [-0.15, -0.1) is 0 Å². The van der Waals surface area contributed by atoms with E-state index in [-0.39, 0.29) is 10.7 Å². The van der Waals surface area contributed by atoms with Crippen molar-refractivity contribution in [2.24, 2.45) is 0 Å². The molecule has 1 N–H and O–H groups in total. The summed E-state index contributed by atoms with van der Waals surface area (Å²) in [5.74, 6) is -0.481. The monoisotopic (exact) mass is 400 g/mol. The number of hydrogen-bond acceptors (Lipinski definition) is 3. The Morgan fingerprint density at radius 3 is 2.28 bits per heavy atom. The number of nitrogens with one attached hydrogen (secondary N) is 1. The molecule has 1 amide bonds. The fourth-order valence-electron chi connectivity index (χ4n) is 2.32. The van der Waals surface area contributed by atoms with Crippen LogP contribution in [0.25, 0.3) is 0 Å². The predicted octanol–water partition coefficient (Wildman–Crippen LogP) is 4.10. The first-order valence-electron chi connectivity index (χ1n) is 7.41. The molecule has 0 saturated heterocycles. The molecule has 2 aromatic carbocycles. The van der Waals surface area contributed by atoms with Gasteiger partial charge in [0.05, 0.1) is 17.0 Å². The van der Waals surface area contributed by atoms with Crippen LogP contribution in [0, 0.1) is 6.92 Å². The van der Waals surface area contributed by atoms with Gasteiger partial charge in [0.15, 0.2) is 0 Å². The molecule has 2 aromatic rings. The van der Waals surface area contributed by atoms with Gasteiger partial charge in [0, 0.05) is 10.7 Å². The van der Waals surface area contributed by atoms with Crippen LogP contribution < -0.4 is 9.62 Å². The first-order chi connectivity index (χ1) is 11.6. The molecule has 8 heteroatoms. The molecule has 0 heterocycles. The van der Waals surface area contributed by atoms with E-state index in [1.807, 2.05) is 19.1 Å². The molecular weight excluding hydrogens is 383 g/mol. The summed E-state index contributed by atoms with van der Waals surface area (Å²) < 4.78 is 25.5. The maximum absolute atomic E-state index is 12.6. The maximum atomic E-state index is 12.6. The highest BCUT2D eigenvalue weighted by Gasteiger charge is 2.30. The van der Waals surface area contributed by atoms with Gasteiger partial charge in [0.2, 0.25) is 15.9 Å². The van der Waals surface area contributed by atoms with Gasteiger partial charge in [-0.25, -0.2) is 8.42 Å². The van der Waals surface area contributed by atoms with Gasteiger partial charge in [-0.05, 0) is 44.2 Å². The third-order valence-electron chi connectivity index (χ3n) is 3.55. The zero-order valence-electron chi connectivity index (χ0n) is 14.0. The van der Waals surface area contributed by atoms with Crippen molar-refractivity contribution in [2.45, 2.75) is 19.9 Å². The second-order valence-electron chi connectivity index (χ2n) is 5.69. The van der Waals surface area contributed by atoms with Crippen molar-refractivity contribution in [3.8, 4) is 0 Å². The second-order valence-corrected chi connectivity index (χ2v) is 8.39. The van der Waals surface area contributed by atoms with Crippen molar-refractivity contribution < 1.29 is 13.2 Å². The number of sulfonamides is 1. The lowest BCUT2D eigenvalue weighted by Crippen LogP contribution is -2.45. The summed E-state index contributed by atoms with van der Waals surface area (Å²) in [5.41, 5.74) is 1.78. The molecule has 0 aliphatic heterocycles. The maximum Gasteiger partial charge on any atom is 0.247 e. The molecule has 0 spiro atoms. The van der Waals surface area contributed by atoms with E-state index < -0.39 is 22.0 Å². The smallest absolute Gasteiger partial charge is 0.247 e. The third kappa shape index (κ3) is 4.87. The molecule has 0 fully saturated rings. The van der Waals surface area contributed by atoms with Crippen LogP contribution >= 0.6 is 23.2 Å². The van der Waals surface area contributed by atoms with E-state index in [9.17, 15) is 13.2 Å². The largest absolute Gasteiger partial charge is 0.324 e. The summed E-state index contributed by atoms with van der Waals surface area (Å²) in [6.07, 6.45) is 1.01. The first-order valence-corrected chi connectivity index (χ1v) is 10.0. The Morgan fingerprint density at radius 2 is 1.72 bits per heavy atom. The zero-order valence-corrected chi connectivity index (χ0v) is 16.3. The van der Waals surface area contributed by atoms with Gasteiger partial charge in [-0.1, -0.05) is 40.9 Å². The lowest BCUT2D eigenvalue weighted by Gasteiger charge is -2.29. The van der Waals surface area contributed by atoms with Crippen molar-refractivity contribution >= 4 is 50.5 Å². The van der Waals surface area contributed by atoms with E-state index in [0.717, 1.165) is 16.1 Å². The van der Waals surface area contributed by atoms with Crippen LogP contribution in [0.15, 0.2) is 42.5 Å². The number of carbonyl (C=O) groups is 1. The van der Waals surface area contributed by atoms with Gasteiger partial charge < -0.3 is 5.32 Å². The fraction of sp³-hybridized carbons (Fsp3) is 0.235. The highest BCUT2D eigenvalue weighted by molar-refractivity contribution is 7.92. The van der Waals surface area contributed by atoms with Crippen molar-refractivity contribution in [3.63, 3.8) is 0 Å².